The molecule has 0 unspecified atom stereocenters. The Bertz CT molecular complexity index is 1330. The molecule has 0 radical (unpaired) electrons. The molecule has 2 atom stereocenters. The average Bonchev–Trinajstić information content (AvgIpc) is 3.07. The first-order valence-corrected chi connectivity index (χ1v) is 12.2. The Balaban J connectivity index is 1.59. The summed E-state index contributed by atoms with van der Waals surface area (Å²) >= 11 is 0. The first-order chi connectivity index (χ1) is 15.7. The second-order valence-electron chi connectivity index (χ2n) is 8.60. The van der Waals surface area contributed by atoms with Crippen LogP contribution in [0.25, 0.3) is 11.1 Å². The maximum atomic E-state index is 13.2. The van der Waals surface area contributed by atoms with Crippen molar-refractivity contribution < 1.29 is 22.4 Å². The van der Waals surface area contributed by atoms with Gasteiger partial charge in [-0.05, 0) is 42.5 Å². The average molecular weight is 474 g/mol. The van der Waals surface area contributed by atoms with Crippen molar-refractivity contribution in [2.45, 2.75) is 31.7 Å². The van der Waals surface area contributed by atoms with E-state index in [1.165, 1.54) is 34.2 Å². The fraction of sp³-hybridized carbons (Fsp3) is 0.391. The minimum atomic E-state index is -3.73. The second kappa shape index (κ2) is 9.03. The highest BCUT2D eigenvalue weighted by atomic mass is 32.2. The number of sulfonamides is 1. The van der Waals surface area contributed by atoms with Gasteiger partial charge in [0.1, 0.15) is 12.3 Å². The van der Waals surface area contributed by atoms with Crippen molar-refractivity contribution in [1.29, 1.82) is 0 Å². The van der Waals surface area contributed by atoms with Gasteiger partial charge < -0.3 is 14.5 Å². The molecule has 3 aromatic rings. The quantitative estimate of drug-likeness (QED) is 0.589. The molecule has 33 heavy (non-hydrogen) atoms. The number of rotatable bonds is 6. The molecular weight excluding hydrogens is 446 g/mol. The third kappa shape index (κ3) is 4.67. The summed E-state index contributed by atoms with van der Waals surface area (Å²) in [5.41, 5.74) is 0.933. The van der Waals surface area contributed by atoms with Crippen molar-refractivity contribution in [1.82, 2.24) is 8.87 Å². The van der Waals surface area contributed by atoms with Crippen molar-refractivity contribution in [2.75, 3.05) is 25.5 Å². The summed E-state index contributed by atoms with van der Waals surface area (Å²) < 4.78 is 39.5. The smallest absolute Gasteiger partial charge is 0.420 e. The number of methoxy groups -OCH3 is 1. The molecule has 0 aliphatic carbocycles. The van der Waals surface area contributed by atoms with Gasteiger partial charge in [0.2, 0.25) is 15.9 Å². The Morgan fingerprint density at radius 3 is 2.55 bits per heavy atom. The predicted molar refractivity (Wildman–Crippen MR) is 124 cm³/mol. The lowest BCUT2D eigenvalue weighted by atomic mass is 9.94. The van der Waals surface area contributed by atoms with Crippen molar-refractivity contribution in [2.24, 2.45) is 11.8 Å². The topological polar surface area (TPSA) is 111 Å². The molecule has 2 heterocycles. The molecule has 0 bridgehead atoms. The summed E-state index contributed by atoms with van der Waals surface area (Å²) in [6, 6.07) is 11.2. The maximum Gasteiger partial charge on any atom is 0.420 e. The van der Waals surface area contributed by atoms with Gasteiger partial charge in [0, 0.05) is 19.2 Å². The van der Waals surface area contributed by atoms with E-state index in [0.717, 1.165) is 6.42 Å². The number of oxazole rings is 1. The molecule has 10 heteroatoms. The van der Waals surface area contributed by atoms with Gasteiger partial charge in [-0.15, -0.1) is 0 Å². The maximum absolute atomic E-state index is 13.2. The number of amides is 1. The summed E-state index contributed by atoms with van der Waals surface area (Å²) in [5, 5.41) is 2.71. The first-order valence-electron chi connectivity index (χ1n) is 10.8. The van der Waals surface area contributed by atoms with Gasteiger partial charge in [0.05, 0.1) is 23.2 Å². The van der Waals surface area contributed by atoms with E-state index >= 15 is 0 Å². The Kier molecular flexibility index (Phi) is 6.31. The van der Waals surface area contributed by atoms with E-state index in [4.69, 9.17) is 9.15 Å². The van der Waals surface area contributed by atoms with Crippen molar-refractivity contribution in [3.63, 3.8) is 0 Å². The van der Waals surface area contributed by atoms with Crippen LogP contribution in [0.4, 0.5) is 5.69 Å². The number of piperidine rings is 1. The number of hydrogen-bond donors (Lipinski definition) is 1. The van der Waals surface area contributed by atoms with Gasteiger partial charge in [-0.1, -0.05) is 26.0 Å². The molecule has 1 saturated heterocycles. The van der Waals surface area contributed by atoms with Crippen LogP contribution in [0.5, 0.6) is 5.75 Å². The number of hydrogen-bond acceptors (Lipinski definition) is 6. The van der Waals surface area contributed by atoms with Crippen LogP contribution >= 0.6 is 0 Å². The minimum absolute atomic E-state index is 0.0654. The Labute approximate surface area is 192 Å². The SMILES string of the molecule is COc1ccccc1NC(=O)Cn1c(=O)oc2cc(S(=O)(=O)N3C[C@H](C)C[C@@H](C)C3)ccc21. The van der Waals surface area contributed by atoms with Crippen LogP contribution in [0, 0.1) is 11.8 Å². The van der Waals surface area contributed by atoms with Gasteiger partial charge >= 0.3 is 5.76 Å². The number of anilines is 1. The molecule has 4 rings (SSSR count). The Morgan fingerprint density at radius 1 is 1.15 bits per heavy atom. The molecule has 1 aromatic heterocycles. The fourth-order valence-corrected chi connectivity index (χ4v) is 6.08. The van der Waals surface area contributed by atoms with Crippen molar-refractivity contribution >= 4 is 32.7 Å². The van der Waals surface area contributed by atoms with Crippen LogP contribution in [0.1, 0.15) is 20.3 Å². The van der Waals surface area contributed by atoms with Crippen LogP contribution < -0.4 is 15.8 Å². The zero-order valence-electron chi connectivity index (χ0n) is 18.8. The van der Waals surface area contributed by atoms with Crippen molar-refractivity contribution in [3.8, 4) is 5.75 Å². The van der Waals surface area contributed by atoms with E-state index in [2.05, 4.69) is 5.32 Å². The molecule has 0 spiro atoms. The molecule has 0 saturated carbocycles. The molecule has 1 N–H and O–H groups in total. The number of benzene rings is 2. The van der Waals surface area contributed by atoms with Gasteiger partial charge in [-0.3, -0.25) is 9.36 Å². The van der Waals surface area contributed by atoms with Crippen LogP contribution in [0.2, 0.25) is 0 Å². The first kappa shape index (κ1) is 23.1. The van der Waals surface area contributed by atoms with E-state index in [9.17, 15) is 18.0 Å². The molecular formula is C23H27N3O6S. The highest BCUT2D eigenvalue weighted by Gasteiger charge is 2.32. The third-order valence-corrected chi connectivity index (χ3v) is 7.62. The predicted octanol–water partition coefficient (Wildman–Crippen LogP) is 2.91. The molecule has 2 aromatic carbocycles. The van der Waals surface area contributed by atoms with Crippen LogP contribution in [0.15, 0.2) is 56.6 Å². The van der Waals surface area contributed by atoms with E-state index in [-0.39, 0.29) is 28.9 Å². The monoisotopic (exact) mass is 473 g/mol. The lowest BCUT2D eigenvalue weighted by Gasteiger charge is -2.34. The summed E-state index contributed by atoms with van der Waals surface area (Å²) in [7, 11) is -2.23. The molecule has 1 amide bonds. The lowest BCUT2D eigenvalue weighted by molar-refractivity contribution is -0.116. The number of ether oxygens (including phenoxy) is 1. The number of carbonyl (C=O) groups excluding carboxylic acids is 1. The summed E-state index contributed by atoms with van der Waals surface area (Å²) in [6.45, 7) is 4.70. The highest BCUT2D eigenvalue weighted by Crippen LogP contribution is 2.28. The molecule has 176 valence electrons. The molecule has 1 fully saturated rings. The second-order valence-corrected chi connectivity index (χ2v) is 10.5. The number of fused-ring (bicyclic) bond motifs is 1. The van der Waals surface area contributed by atoms with Crippen molar-refractivity contribution in [3.05, 3.63) is 53.0 Å². The van der Waals surface area contributed by atoms with E-state index in [1.54, 1.807) is 24.3 Å². The number of nitrogens with zero attached hydrogens (tertiary/aromatic N) is 2. The standard InChI is InChI=1S/C23H27N3O6S/c1-15-10-16(2)13-25(12-15)33(29,30)17-8-9-19-21(11-17)32-23(28)26(19)14-22(27)24-18-6-4-5-7-20(18)31-3/h4-9,11,15-16H,10,12-14H2,1-3H3,(H,24,27)/t15-,16-/m1/s1. The number of carbonyl (C=O) groups is 1. The Morgan fingerprint density at radius 2 is 1.85 bits per heavy atom. The molecule has 1 aliphatic rings. The minimum Gasteiger partial charge on any atom is -0.495 e. The lowest BCUT2D eigenvalue weighted by Crippen LogP contribution is -2.42. The third-order valence-electron chi connectivity index (χ3n) is 5.80. The largest absolute Gasteiger partial charge is 0.495 e. The van der Waals surface area contributed by atoms with E-state index in [0.29, 0.717) is 30.0 Å². The molecule has 1 aliphatic heterocycles. The Hall–Kier alpha value is -3.11. The zero-order valence-corrected chi connectivity index (χ0v) is 19.6. The van der Waals surface area contributed by atoms with Gasteiger partial charge in [0.15, 0.2) is 5.58 Å². The normalized spacial score (nSPS) is 19.5. The fourth-order valence-electron chi connectivity index (χ4n) is 4.39. The summed E-state index contributed by atoms with van der Waals surface area (Å²) in [4.78, 5) is 25.1. The van der Waals surface area contributed by atoms with Gasteiger partial charge in [0.25, 0.3) is 0 Å². The highest BCUT2D eigenvalue weighted by molar-refractivity contribution is 7.89. The zero-order chi connectivity index (χ0) is 23.8. The van der Waals surface area contributed by atoms with Crippen LogP contribution in [-0.4, -0.2) is 43.4 Å². The van der Waals surface area contributed by atoms with Crippen LogP contribution in [0.3, 0.4) is 0 Å². The van der Waals surface area contributed by atoms with E-state index in [1.807, 2.05) is 13.8 Å². The van der Waals surface area contributed by atoms with Crippen LogP contribution in [-0.2, 0) is 21.4 Å². The van der Waals surface area contributed by atoms with Gasteiger partial charge in [-0.25, -0.2) is 13.2 Å². The summed E-state index contributed by atoms with van der Waals surface area (Å²) in [6.07, 6.45) is 0.986. The number of nitrogens with one attached hydrogen (secondary N) is 1. The van der Waals surface area contributed by atoms with Gasteiger partial charge in [-0.2, -0.15) is 4.31 Å². The van der Waals surface area contributed by atoms with E-state index < -0.39 is 21.7 Å². The number of para-hydroxylation sites is 2. The number of aromatic nitrogens is 1. The summed E-state index contributed by atoms with van der Waals surface area (Å²) in [5.74, 6) is -0.153. The molecule has 9 nitrogen and oxygen atoms in total.